The van der Waals surface area contributed by atoms with Gasteiger partial charge in [0.1, 0.15) is 5.82 Å². The lowest BCUT2D eigenvalue weighted by Crippen LogP contribution is -2.33. The van der Waals surface area contributed by atoms with Gasteiger partial charge in [-0.3, -0.25) is 14.5 Å². The number of urea groups is 1. The summed E-state index contributed by atoms with van der Waals surface area (Å²) in [6.45, 7) is 2.69. The maximum absolute atomic E-state index is 13.9. The normalized spacial score (nSPS) is 15.1. The number of nitrogens with one attached hydrogen (secondary N) is 2. The van der Waals surface area contributed by atoms with E-state index in [1.807, 2.05) is 6.92 Å². The van der Waals surface area contributed by atoms with E-state index in [-0.39, 0.29) is 18.1 Å². The summed E-state index contributed by atoms with van der Waals surface area (Å²) in [5.41, 5.74) is 0.202. The van der Waals surface area contributed by atoms with Crippen molar-refractivity contribution >= 4 is 23.6 Å². The van der Waals surface area contributed by atoms with Crippen LogP contribution in [0.3, 0.4) is 0 Å². The number of anilines is 1. The highest BCUT2D eigenvalue weighted by Crippen LogP contribution is 2.20. The summed E-state index contributed by atoms with van der Waals surface area (Å²) in [4.78, 5) is 36.3. The predicted octanol–water partition coefficient (Wildman–Crippen LogP) is 1.59. The van der Waals surface area contributed by atoms with Gasteiger partial charge >= 0.3 is 12.0 Å². The molecule has 1 aromatic rings. The number of amides is 3. The average Bonchev–Trinajstić information content (AvgIpc) is 2.97. The minimum absolute atomic E-state index is 0.0735. The van der Waals surface area contributed by atoms with Crippen LogP contribution >= 0.6 is 0 Å². The minimum atomic E-state index is -1.000. The molecule has 0 aromatic heterocycles. The monoisotopic (exact) mass is 337 g/mol. The van der Waals surface area contributed by atoms with Crippen molar-refractivity contribution in [2.24, 2.45) is 5.92 Å². The molecule has 1 aromatic carbocycles. The Hall–Kier alpha value is -2.64. The molecule has 0 aliphatic carbocycles. The van der Waals surface area contributed by atoms with Gasteiger partial charge in [-0.2, -0.15) is 0 Å². The second-order valence-electron chi connectivity index (χ2n) is 5.58. The van der Waals surface area contributed by atoms with Gasteiger partial charge < -0.3 is 15.7 Å². The van der Waals surface area contributed by atoms with Crippen LogP contribution in [0, 0.1) is 11.7 Å². The number of halogens is 1. The molecular formula is C16H20FN3O4. The summed E-state index contributed by atoms with van der Waals surface area (Å²) in [7, 11) is 0. The van der Waals surface area contributed by atoms with E-state index in [0.717, 1.165) is 6.07 Å². The lowest BCUT2D eigenvalue weighted by atomic mass is 10.0. The third-order valence-corrected chi connectivity index (χ3v) is 3.86. The Kier molecular flexibility index (Phi) is 5.73. The molecular weight excluding hydrogens is 317 g/mol. The van der Waals surface area contributed by atoms with E-state index in [1.54, 1.807) is 0 Å². The smallest absolute Gasteiger partial charge is 0.321 e. The molecule has 8 heteroatoms. The predicted molar refractivity (Wildman–Crippen MR) is 85.5 cm³/mol. The third kappa shape index (κ3) is 4.01. The maximum Gasteiger partial charge on any atom is 0.321 e. The second-order valence-corrected chi connectivity index (χ2v) is 5.58. The molecule has 0 spiro atoms. The van der Waals surface area contributed by atoms with Gasteiger partial charge in [-0.15, -0.1) is 0 Å². The van der Waals surface area contributed by atoms with Crippen LogP contribution < -0.4 is 15.5 Å². The van der Waals surface area contributed by atoms with Crippen LogP contribution in [-0.4, -0.2) is 42.6 Å². The van der Waals surface area contributed by atoms with E-state index in [1.165, 1.54) is 17.0 Å². The fraction of sp³-hybridized carbons (Fsp3) is 0.438. The van der Waals surface area contributed by atoms with Gasteiger partial charge in [0.05, 0.1) is 11.5 Å². The van der Waals surface area contributed by atoms with Crippen molar-refractivity contribution in [2.75, 3.05) is 24.5 Å². The van der Waals surface area contributed by atoms with Crippen molar-refractivity contribution in [1.29, 1.82) is 0 Å². The Labute approximate surface area is 138 Å². The quantitative estimate of drug-likeness (QED) is 0.703. The van der Waals surface area contributed by atoms with E-state index < -0.39 is 23.6 Å². The molecule has 0 radical (unpaired) electrons. The molecule has 0 saturated carbocycles. The summed E-state index contributed by atoms with van der Waals surface area (Å²) in [6, 6.07) is 3.54. The Morgan fingerprint density at radius 3 is 2.79 bits per heavy atom. The number of rotatable bonds is 7. The lowest BCUT2D eigenvalue weighted by Gasteiger charge is -2.16. The van der Waals surface area contributed by atoms with Crippen LogP contribution in [0.25, 0.3) is 0 Å². The minimum Gasteiger partial charge on any atom is -0.481 e. The zero-order valence-electron chi connectivity index (χ0n) is 13.3. The molecule has 1 atom stereocenters. The van der Waals surface area contributed by atoms with Gasteiger partial charge in [-0.25, -0.2) is 9.18 Å². The molecule has 0 bridgehead atoms. The van der Waals surface area contributed by atoms with Crippen molar-refractivity contribution in [1.82, 2.24) is 10.6 Å². The van der Waals surface area contributed by atoms with Gasteiger partial charge in [-0.1, -0.05) is 13.3 Å². The van der Waals surface area contributed by atoms with E-state index >= 15 is 0 Å². The highest BCUT2D eigenvalue weighted by molar-refractivity contribution is 5.98. The van der Waals surface area contributed by atoms with Gasteiger partial charge in [0.25, 0.3) is 5.91 Å². The highest BCUT2D eigenvalue weighted by atomic mass is 19.1. The number of hydrogen-bond donors (Lipinski definition) is 3. The molecule has 24 heavy (non-hydrogen) atoms. The van der Waals surface area contributed by atoms with Gasteiger partial charge in [0.2, 0.25) is 0 Å². The molecule has 3 N–H and O–H groups in total. The molecule has 1 saturated heterocycles. The highest BCUT2D eigenvalue weighted by Gasteiger charge is 2.24. The van der Waals surface area contributed by atoms with Gasteiger partial charge in [-0.05, 0) is 24.6 Å². The number of carboxylic acids is 1. The molecule has 1 aliphatic rings. The van der Waals surface area contributed by atoms with E-state index in [4.69, 9.17) is 5.11 Å². The first-order chi connectivity index (χ1) is 11.4. The van der Waals surface area contributed by atoms with Crippen molar-refractivity contribution in [3.05, 3.63) is 29.6 Å². The average molecular weight is 337 g/mol. The Balaban J connectivity index is 2.11. The Morgan fingerprint density at radius 1 is 1.46 bits per heavy atom. The molecule has 1 unspecified atom stereocenters. The molecule has 1 heterocycles. The topological polar surface area (TPSA) is 98.7 Å². The summed E-state index contributed by atoms with van der Waals surface area (Å²) >= 11 is 0. The van der Waals surface area contributed by atoms with Crippen LogP contribution in [0.1, 0.15) is 30.1 Å². The number of carbonyl (C=O) groups excluding carboxylic acids is 2. The largest absolute Gasteiger partial charge is 0.481 e. The lowest BCUT2D eigenvalue weighted by molar-refractivity contribution is -0.141. The summed E-state index contributed by atoms with van der Waals surface area (Å²) in [5.74, 6) is -3.14. The number of carboxylic acid groups (broad SMARTS) is 1. The number of carbonyl (C=O) groups is 3. The molecule has 1 fully saturated rings. The SMILES string of the molecule is CCCC(CNC(=O)c1cc(N2CCNC2=O)ccc1F)C(=O)O. The van der Waals surface area contributed by atoms with Crippen molar-refractivity contribution < 1.29 is 23.9 Å². The van der Waals surface area contributed by atoms with E-state index in [9.17, 15) is 18.8 Å². The summed E-state index contributed by atoms with van der Waals surface area (Å²) in [6.07, 6.45) is 1.09. The fourth-order valence-corrected chi connectivity index (χ4v) is 2.55. The van der Waals surface area contributed by atoms with E-state index in [0.29, 0.717) is 31.6 Å². The van der Waals surface area contributed by atoms with Crippen molar-refractivity contribution in [3.8, 4) is 0 Å². The standard InChI is InChI=1S/C16H20FN3O4/c1-2-3-10(15(22)23)9-19-14(21)12-8-11(4-5-13(12)17)20-7-6-18-16(20)24/h4-5,8,10H,2-3,6-7,9H2,1H3,(H,18,24)(H,19,21)(H,22,23). The first kappa shape index (κ1) is 17.7. The van der Waals surface area contributed by atoms with Gasteiger partial charge in [0.15, 0.2) is 0 Å². The first-order valence-electron chi connectivity index (χ1n) is 7.80. The molecule has 1 aliphatic heterocycles. The zero-order chi connectivity index (χ0) is 17.7. The molecule has 2 rings (SSSR count). The maximum atomic E-state index is 13.9. The van der Waals surface area contributed by atoms with Crippen molar-refractivity contribution in [2.45, 2.75) is 19.8 Å². The number of hydrogen-bond acceptors (Lipinski definition) is 3. The zero-order valence-corrected chi connectivity index (χ0v) is 13.3. The second kappa shape index (κ2) is 7.76. The van der Waals surface area contributed by atoms with Crippen LogP contribution in [0.4, 0.5) is 14.9 Å². The number of nitrogens with zero attached hydrogens (tertiary/aromatic N) is 1. The fourth-order valence-electron chi connectivity index (χ4n) is 2.55. The van der Waals surface area contributed by atoms with E-state index in [2.05, 4.69) is 10.6 Å². The molecule has 3 amide bonds. The van der Waals surface area contributed by atoms with Crippen LogP contribution in [0.2, 0.25) is 0 Å². The summed E-state index contributed by atoms with van der Waals surface area (Å²) in [5, 5.41) is 14.2. The molecule has 130 valence electrons. The number of aliphatic carboxylic acids is 1. The van der Waals surface area contributed by atoms with Crippen LogP contribution in [0.15, 0.2) is 18.2 Å². The third-order valence-electron chi connectivity index (χ3n) is 3.86. The Bertz CT molecular complexity index is 650. The molecule has 7 nitrogen and oxygen atoms in total. The Morgan fingerprint density at radius 2 is 2.21 bits per heavy atom. The van der Waals surface area contributed by atoms with Crippen LogP contribution in [0.5, 0.6) is 0 Å². The number of benzene rings is 1. The summed E-state index contributed by atoms with van der Waals surface area (Å²) < 4.78 is 13.9. The van der Waals surface area contributed by atoms with Crippen LogP contribution in [-0.2, 0) is 4.79 Å². The van der Waals surface area contributed by atoms with Gasteiger partial charge in [0, 0.05) is 25.3 Å². The first-order valence-corrected chi connectivity index (χ1v) is 7.80. The van der Waals surface area contributed by atoms with Crippen molar-refractivity contribution in [3.63, 3.8) is 0 Å².